The fraction of sp³-hybridized carbons (Fsp3) is 0.433. The Morgan fingerprint density at radius 1 is 1.03 bits per heavy atom. The Kier molecular flexibility index (Phi) is 7.62. The Balaban J connectivity index is 1.77. The molecule has 0 radical (unpaired) electrons. The molecule has 0 fully saturated rings. The van der Waals surface area contributed by atoms with Crippen molar-refractivity contribution in [1.29, 1.82) is 0 Å². The predicted octanol–water partition coefficient (Wildman–Crippen LogP) is 5.93. The smallest absolute Gasteiger partial charge is 0.315 e. The van der Waals surface area contributed by atoms with Gasteiger partial charge in [0.15, 0.2) is 17.3 Å². The van der Waals surface area contributed by atoms with Gasteiger partial charge in [-0.2, -0.15) is 0 Å². The summed E-state index contributed by atoms with van der Waals surface area (Å²) >= 11 is 0. The highest BCUT2D eigenvalue weighted by Gasteiger charge is 2.45. The molecule has 6 heteroatoms. The number of methoxy groups -OCH3 is 2. The minimum Gasteiger partial charge on any atom is -0.493 e. The van der Waals surface area contributed by atoms with E-state index in [-0.39, 0.29) is 23.8 Å². The van der Waals surface area contributed by atoms with E-state index in [0.29, 0.717) is 35.6 Å². The average Bonchev–Trinajstić information content (AvgIpc) is 2.86. The number of carbonyl (C=O) groups excluding carboxylic acids is 2. The van der Waals surface area contributed by atoms with Gasteiger partial charge in [-0.3, -0.25) is 14.6 Å². The van der Waals surface area contributed by atoms with E-state index in [1.807, 2.05) is 64.1 Å². The molecule has 2 aromatic rings. The number of ketones is 1. The van der Waals surface area contributed by atoms with Crippen molar-refractivity contribution in [2.45, 2.75) is 64.9 Å². The van der Waals surface area contributed by atoms with Gasteiger partial charge in [0.1, 0.15) is 5.92 Å². The summed E-state index contributed by atoms with van der Waals surface area (Å²) in [7, 11) is 3.21. The number of esters is 1. The molecule has 2 aliphatic rings. The maximum absolute atomic E-state index is 13.8. The first-order chi connectivity index (χ1) is 17.3. The van der Waals surface area contributed by atoms with E-state index in [4.69, 9.17) is 19.2 Å². The van der Waals surface area contributed by atoms with E-state index in [1.165, 1.54) is 0 Å². The highest BCUT2D eigenvalue weighted by atomic mass is 16.5. The lowest BCUT2D eigenvalue weighted by Crippen LogP contribution is -2.39. The second-order valence-corrected chi connectivity index (χ2v) is 9.78. The molecule has 4 atom stereocenters. The van der Waals surface area contributed by atoms with Crippen molar-refractivity contribution < 1.29 is 23.8 Å². The fourth-order valence-electron chi connectivity index (χ4n) is 5.29. The maximum atomic E-state index is 13.8. The quantitative estimate of drug-likeness (QED) is 0.451. The SMILES string of the molecule is CC[C@H](C)OC(=O)C1C(C)=NC2=C(C(=O)C[C@H](c3ccc(OC)c(OC)c3)C2)[C@@H]1c1cccc(C)c1. The number of ether oxygens (including phenoxy) is 3. The van der Waals surface area contributed by atoms with Crippen LogP contribution < -0.4 is 9.47 Å². The van der Waals surface area contributed by atoms with E-state index >= 15 is 0 Å². The molecule has 0 saturated heterocycles. The molecular weight excluding hydrogens is 454 g/mol. The molecule has 190 valence electrons. The van der Waals surface area contributed by atoms with Gasteiger partial charge in [0.25, 0.3) is 0 Å². The summed E-state index contributed by atoms with van der Waals surface area (Å²) in [6.45, 7) is 7.76. The van der Waals surface area contributed by atoms with Crippen LogP contribution in [0, 0.1) is 12.8 Å². The summed E-state index contributed by atoms with van der Waals surface area (Å²) in [5.41, 5.74) is 5.13. The number of aryl methyl sites for hydroxylation is 1. The van der Waals surface area contributed by atoms with Crippen LogP contribution in [-0.4, -0.2) is 37.8 Å². The van der Waals surface area contributed by atoms with Crippen LogP contribution in [0.15, 0.2) is 58.7 Å². The first-order valence-electron chi connectivity index (χ1n) is 12.6. The van der Waals surface area contributed by atoms with E-state index in [0.717, 1.165) is 28.8 Å². The first kappa shape index (κ1) is 25.7. The molecule has 36 heavy (non-hydrogen) atoms. The molecule has 2 aromatic carbocycles. The molecule has 0 saturated carbocycles. The predicted molar refractivity (Wildman–Crippen MR) is 140 cm³/mol. The summed E-state index contributed by atoms with van der Waals surface area (Å²) in [5.74, 6) is -0.0741. The van der Waals surface area contributed by atoms with Crippen LogP contribution in [0.5, 0.6) is 11.5 Å². The van der Waals surface area contributed by atoms with Gasteiger partial charge in [0.05, 0.1) is 20.3 Å². The molecule has 0 spiro atoms. The van der Waals surface area contributed by atoms with Gasteiger partial charge in [-0.15, -0.1) is 0 Å². The third kappa shape index (κ3) is 4.95. The van der Waals surface area contributed by atoms with Crippen molar-refractivity contribution in [2.75, 3.05) is 14.2 Å². The van der Waals surface area contributed by atoms with Crippen molar-refractivity contribution in [3.8, 4) is 11.5 Å². The van der Waals surface area contributed by atoms with E-state index < -0.39 is 11.8 Å². The van der Waals surface area contributed by atoms with Crippen LogP contribution in [0.3, 0.4) is 0 Å². The Labute approximate surface area is 213 Å². The number of hydrogen-bond acceptors (Lipinski definition) is 6. The number of aliphatic imine (C=N–C) groups is 1. The van der Waals surface area contributed by atoms with Crippen molar-refractivity contribution in [3.05, 3.63) is 70.4 Å². The molecule has 0 bridgehead atoms. The van der Waals surface area contributed by atoms with Crippen LogP contribution in [0.25, 0.3) is 0 Å². The van der Waals surface area contributed by atoms with Crippen molar-refractivity contribution in [3.63, 3.8) is 0 Å². The second-order valence-electron chi connectivity index (χ2n) is 9.78. The zero-order valence-electron chi connectivity index (χ0n) is 22.0. The third-order valence-electron chi connectivity index (χ3n) is 7.32. The minimum absolute atomic E-state index is 0.0279. The number of allylic oxidation sites excluding steroid dienone is 2. The monoisotopic (exact) mass is 489 g/mol. The van der Waals surface area contributed by atoms with E-state index in [1.54, 1.807) is 14.2 Å². The minimum atomic E-state index is -0.624. The van der Waals surface area contributed by atoms with Gasteiger partial charge in [0, 0.05) is 29.3 Å². The number of Topliss-reactive ketones (excluding diaryl/α,β-unsaturated/α-hetero) is 1. The first-order valence-corrected chi connectivity index (χ1v) is 12.6. The van der Waals surface area contributed by atoms with E-state index in [2.05, 4.69) is 6.07 Å². The molecule has 4 rings (SSSR count). The van der Waals surface area contributed by atoms with Crippen molar-refractivity contribution in [2.24, 2.45) is 10.9 Å². The molecule has 0 N–H and O–H groups in total. The van der Waals surface area contributed by atoms with Gasteiger partial charge in [-0.1, -0.05) is 42.8 Å². The molecule has 6 nitrogen and oxygen atoms in total. The molecule has 1 heterocycles. The number of benzene rings is 2. The van der Waals surface area contributed by atoms with Gasteiger partial charge >= 0.3 is 5.97 Å². The normalized spacial score (nSPS) is 22.4. The molecule has 0 amide bonds. The Morgan fingerprint density at radius 2 is 1.78 bits per heavy atom. The maximum Gasteiger partial charge on any atom is 0.315 e. The Morgan fingerprint density at radius 3 is 2.44 bits per heavy atom. The lowest BCUT2D eigenvalue weighted by Gasteiger charge is -2.37. The third-order valence-corrected chi connectivity index (χ3v) is 7.32. The van der Waals surface area contributed by atoms with Crippen LogP contribution in [0.1, 0.15) is 68.6 Å². The lowest BCUT2D eigenvalue weighted by molar-refractivity contribution is -0.151. The highest BCUT2D eigenvalue weighted by Crippen LogP contribution is 2.47. The highest BCUT2D eigenvalue weighted by molar-refractivity contribution is 6.09. The topological polar surface area (TPSA) is 74.2 Å². The van der Waals surface area contributed by atoms with Gasteiger partial charge in [-0.25, -0.2) is 0 Å². The molecule has 1 aliphatic heterocycles. The molecule has 1 unspecified atom stereocenters. The largest absolute Gasteiger partial charge is 0.493 e. The van der Waals surface area contributed by atoms with Gasteiger partial charge < -0.3 is 14.2 Å². The molecular formula is C30H35NO5. The van der Waals surface area contributed by atoms with Crippen molar-refractivity contribution in [1.82, 2.24) is 0 Å². The summed E-state index contributed by atoms with van der Waals surface area (Å²) in [6, 6.07) is 13.8. The lowest BCUT2D eigenvalue weighted by atomic mass is 9.69. The van der Waals surface area contributed by atoms with Gasteiger partial charge in [0.2, 0.25) is 0 Å². The number of nitrogens with zero attached hydrogens (tertiary/aromatic N) is 1. The second kappa shape index (κ2) is 10.7. The summed E-state index contributed by atoms with van der Waals surface area (Å²) in [6.07, 6.45) is 1.49. The Hall–Kier alpha value is -3.41. The zero-order valence-corrected chi connectivity index (χ0v) is 22.0. The molecule has 1 aliphatic carbocycles. The van der Waals surface area contributed by atoms with Crippen LogP contribution in [0.4, 0.5) is 0 Å². The fourth-order valence-corrected chi connectivity index (χ4v) is 5.29. The van der Waals surface area contributed by atoms with Crippen LogP contribution in [0.2, 0.25) is 0 Å². The number of rotatable bonds is 7. The van der Waals surface area contributed by atoms with Crippen LogP contribution >= 0.6 is 0 Å². The van der Waals surface area contributed by atoms with Crippen molar-refractivity contribution >= 4 is 17.5 Å². The molecule has 0 aromatic heterocycles. The van der Waals surface area contributed by atoms with Crippen LogP contribution in [-0.2, 0) is 14.3 Å². The average molecular weight is 490 g/mol. The Bertz CT molecular complexity index is 1230. The number of carbonyl (C=O) groups is 2. The summed E-state index contributed by atoms with van der Waals surface area (Å²) < 4.78 is 16.6. The zero-order chi connectivity index (χ0) is 26.0. The number of hydrogen-bond donors (Lipinski definition) is 0. The van der Waals surface area contributed by atoms with Gasteiger partial charge in [-0.05, 0) is 62.8 Å². The standard InChI is InChI=1S/C30H35NO5/c1-7-18(3)36-30(33)27-19(4)31-23-14-22(20-11-12-25(34-5)26(16-20)35-6)15-24(32)29(23)28(27)21-10-8-9-17(2)13-21/h8-13,16,18,22,27-28H,7,14-15H2,1-6H3/t18-,22+,27?,28+/m0/s1. The van der Waals surface area contributed by atoms with E-state index in [9.17, 15) is 9.59 Å². The summed E-state index contributed by atoms with van der Waals surface area (Å²) in [5, 5.41) is 0. The summed E-state index contributed by atoms with van der Waals surface area (Å²) in [4.78, 5) is 32.0.